The van der Waals surface area contributed by atoms with E-state index >= 15 is 0 Å². The summed E-state index contributed by atoms with van der Waals surface area (Å²) in [6.07, 6.45) is 1.66. The van der Waals surface area contributed by atoms with Gasteiger partial charge in [0.15, 0.2) is 0 Å². The first-order valence-electron chi connectivity index (χ1n) is 6.33. The molecule has 0 amide bonds. The number of hydrogen-bond donors (Lipinski definition) is 1. The molecule has 0 fully saturated rings. The number of hydrogen-bond acceptors (Lipinski definition) is 5. The molecule has 5 heteroatoms. The molecule has 98 valence electrons. The largest absolute Gasteiger partial charge is 0.464 e. The number of nitrogens with zero attached hydrogens (tertiary/aromatic N) is 2. The molecule has 0 bridgehead atoms. The van der Waals surface area contributed by atoms with Gasteiger partial charge in [0.05, 0.1) is 11.6 Å². The molecule has 1 atom stereocenters. The Morgan fingerprint density at radius 2 is 2.16 bits per heavy atom. The van der Waals surface area contributed by atoms with Gasteiger partial charge in [-0.3, -0.25) is 0 Å². The lowest BCUT2D eigenvalue weighted by molar-refractivity contribution is 0.342. The van der Waals surface area contributed by atoms with Gasteiger partial charge in [0, 0.05) is 5.39 Å². The molecule has 0 spiro atoms. The van der Waals surface area contributed by atoms with Gasteiger partial charge in [0.25, 0.3) is 0 Å². The number of para-hydroxylation sites is 1. The second kappa shape index (κ2) is 4.85. The van der Waals surface area contributed by atoms with Crippen molar-refractivity contribution in [2.45, 2.75) is 19.9 Å². The lowest BCUT2D eigenvalue weighted by Crippen LogP contribution is -2.17. The van der Waals surface area contributed by atoms with Crippen LogP contribution >= 0.6 is 0 Å². The third kappa shape index (κ3) is 2.13. The Kier molecular flexibility index (Phi) is 3.05. The van der Waals surface area contributed by atoms with Crippen molar-refractivity contribution in [3.63, 3.8) is 0 Å². The Hall–Kier alpha value is -2.14. The van der Waals surface area contributed by atoms with Crippen molar-refractivity contribution in [1.82, 2.24) is 15.5 Å². The summed E-state index contributed by atoms with van der Waals surface area (Å²) in [5.74, 6) is 1.15. The summed E-state index contributed by atoms with van der Waals surface area (Å²) in [6.45, 7) is 4.89. The van der Waals surface area contributed by atoms with Crippen molar-refractivity contribution in [3.8, 4) is 11.4 Å². The molecule has 0 aliphatic heterocycles. The van der Waals surface area contributed by atoms with Crippen molar-refractivity contribution >= 4 is 11.0 Å². The Balaban J connectivity index is 1.98. The van der Waals surface area contributed by atoms with Crippen LogP contribution in [0.15, 0.2) is 39.5 Å². The summed E-state index contributed by atoms with van der Waals surface area (Å²) in [6, 6.07) is 7.84. The van der Waals surface area contributed by atoms with Crippen molar-refractivity contribution in [2.24, 2.45) is 0 Å². The molecule has 5 nitrogen and oxygen atoms in total. The topological polar surface area (TPSA) is 64.1 Å². The molecule has 1 unspecified atom stereocenters. The van der Waals surface area contributed by atoms with Gasteiger partial charge in [0.1, 0.15) is 11.8 Å². The molecule has 2 heterocycles. The van der Waals surface area contributed by atoms with Crippen LogP contribution in [0, 0.1) is 0 Å². The van der Waals surface area contributed by atoms with E-state index in [0.717, 1.165) is 23.1 Å². The van der Waals surface area contributed by atoms with Crippen LogP contribution in [0.2, 0.25) is 0 Å². The van der Waals surface area contributed by atoms with E-state index in [1.165, 1.54) is 0 Å². The number of rotatable bonds is 4. The molecule has 0 saturated carbocycles. The van der Waals surface area contributed by atoms with Crippen LogP contribution in [-0.4, -0.2) is 16.7 Å². The number of nitrogens with one attached hydrogen (secondary N) is 1. The van der Waals surface area contributed by atoms with Gasteiger partial charge < -0.3 is 14.3 Å². The molecule has 1 aromatic carbocycles. The molecule has 3 rings (SSSR count). The molecule has 3 aromatic rings. The normalized spacial score (nSPS) is 12.9. The zero-order valence-electron chi connectivity index (χ0n) is 10.9. The van der Waals surface area contributed by atoms with Crippen LogP contribution < -0.4 is 5.32 Å². The van der Waals surface area contributed by atoms with E-state index in [4.69, 9.17) is 8.94 Å². The first kappa shape index (κ1) is 11.9. The lowest BCUT2D eigenvalue weighted by atomic mass is 10.2. The second-order valence-corrected chi connectivity index (χ2v) is 4.38. The van der Waals surface area contributed by atoms with Crippen molar-refractivity contribution < 1.29 is 8.94 Å². The van der Waals surface area contributed by atoms with E-state index in [1.54, 1.807) is 6.26 Å². The predicted octanol–water partition coefficient (Wildman–Crippen LogP) is 3.15. The molecule has 0 aliphatic carbocycles. The Labute approximate surface area is 110 Å². The average Bonchev–Trinajstić information content (AvgIpc) is 3.05. The van der Waals surface area contributed by atoms with Gasteiger partial charge in [-0.1, -0.05) is 30.3 Å². The summed E-state index contributed by atoms with van der Waals surface area (Å²) in [5, 5.41) is 8.26. The minimum absolute atomic E-state index is 0.0458. The van der Waals surface area contributed by atoms with Crippen molar-refractivity contribution in [1.29, 1.82) is 0 Å². The molecule has 0 saturated heterocycles. The standard InChI is InChI=1S/C14H15N3O2/c1-3-15-9(2)14-16-13(17-19-14)11-8-18-12-7-5-4-6-10(11)12/h4-9,15H,3H2,1-2H3. The maximum absolute atomic E-state index is 5.48. The Bertz CT molecular complexity index is 687. The van der Waals surface area contributed by atoms with Crippen LogP contribution in [0.5, 0.6) is 0 Å². The predicted molar refractivity (Wildman–Crippen MR) is 71.6 cm³/mol. The minimum atomic E-state index is 0.0458. The van der Waals surface area contributed by atoms with E-state index < -0.39 is 0 Å². The van der Waals surface area contributed by atoms with Gasteiger partial charge >= 0.3 is 0 Å². The molecular weight excluding hydrogens is 242 g/mol. The third-order valence-corrected chi connectivity index (χ3v) is 3.04. The van der Waals surface area contributed by atoms with Gasteiger partial charge in [-0.15, -0.1) is 0 Å². The van der Waals surface area contributed by atoms with E-state index in [9.17, 15) is 0 Å². The third-order valence-electron chi connectivity index (χ3n) is 3.04. The number of furan rings is 1. The van der Waals surface area contributed by atoms with E-state index in [2.05, 4.69) is 15.5 Å². The molecular formula is C14H15N3O2. The maximum atomic E-state index is 5.48. The van der Waals surface area contributed by atoms with E-state index in [1.807, 2.05) is 38.1 Å². The summed E-state index contributed by atoms with van der Waals surface area (Å²) in [7, 11) is 0. The minimum Gasteiger partial charge on any atom is -0.464 e. The Morgan fingerprint density at radius 3 is 3.00 bits per heavy atom. The highest BCUT2D eigenvalue weighted by atomic mass is 16.5. The van der Waals surface area contributed by atoms with Crippen LogP contribution in [0.4, 0.5) is 0 Å². The van der Waals surface area contributed by atoms with Gasteiger partial charge in [-0.05, 0) is 19.5 Å². The summed E-state index contributed by atoms with van der Waals surface area (Å²) in [4.78, 5) is 4.42. The fraction of sp³-hybridized carbons (Fsp3) is 0.286. The van der Waals surface area contributed by atoms with Gasteiger partial charge in [0.2, 0.25) is 11.7 Å². The zero-order chi connectivity index (χ0) is 13.2. The Morgan fingerprint density at radius 1 is 1.32 bits per heavy atom. The van der Waals surface area contributed by atoms with Crippen LogP contribution in [-0.2, 0) is 0 Å². The molecule has 19 heavy (non-hydrogen) atoms. The molecule has 2 aromatic heterocycles. The first-order valence-corrected chi connectivity index (χ1v) is 6.33. The van der Waals surface area contributed by atoms with Crippen molar-refractivity contribution in [2.75, 3.05) is 6.54 Å². The molecule has 0 radical (unpaired) electrons. The fourth-order valence-corrected chi connectivity index (χ4v) is 2.06. The van der Waals surface area contributed by atoms with Gasteiger partial charge in [-0.2, -0.15) is 4.98 Å². The number of aromatic nitrogens is 2. The quantitative estimate of drug-likeness (QED) is 0.777. The first-order chi connectivity index (χ1) is 9.29. The lowest BCUT2D eigenvalue weighted by Gasteiger charge is -2.04. The molecule has 0 aliphatic rings. The summed E-state index contributed by atoms with van der Waals surface area (Å²) < 4.78 is 10.8. The van der Waals surface area contributed by atoms with Crippen LogP contribution in [0.25, 0.3) is 22.4 Å². The highest BCUT2D eigenvalue weighted by molar-refractivity contribution is 5.91. The SMILES string of the molecule is CCNC(C)c1nc(-c2coc3ccccc23)no1. The average molecular weight is 257 g/mol. The smallest absolute Gasteiger partial charge is 0.243 e. The second-order valence-electron chi connectivity index (χ2n) is 4.38. The van der Waals surface area contributed by atoms with E-state index in [-0.39, 0.29) is 6.04 Å². The van der Waals surface area contributed by atoms with Gasteiger partial charge in [-0.25, -0.2) is 0 Å². The highest BCUT2D eigenvalue weighted by Gasteiger charge is 2.17. The monoisotopic (exact) mass is 257 g/mol. The fourth-order valence-electron chi connectivity index (χ4n) is 2.06. The maximum Gasteiger partial charge on any atom is 0.243 e. The number of fused-ring (bicyclic) bond motifs is 1. The summed E-state index contributed by atoms with van der Waals surface area (Å²) in [5.41, 5.74) is 1.68. The van der Waals surface area contributed by atoms with E-state index in [0.29, 0.717) is 11.7 Å². The van der Waals surface area contributed by atoms with Crippen molar-refractivity contribution in [3.05, 3.63) is 36.4 Å². The highest BCUT2D eigenvalue weighted by Crippen LogP contribution is 2.28. The summed E-state index contributed by atoms with van der Waals surface area (Å²) >= 11 is 0. The zero-order valence-corrected chi connectivity index (χ0v) is 10.9. The van der Waals surface area contributed by atoms with Crippen LogP contribution in [0.1, 0.15) is 25.8 Å². The number of benzene rings is 1. The van der Waals surface area contributed by atoms with Crippen LogP contribution in [0.3, 0.4) is 0 Å². The molecule has 1 N–H and O–H groups in total.